The number of halogens is 4. The van der Waals surface area contributed by atoms with Gasteiger partial charge in [0.25, 0.3) is 0 Å². The molecule has 0 atom stereocenters. The minimum absolute atomic E-state index is 0.0299. The zero-order chi connectivity index (χ0) is 11.6. The topological polar surface area (TPSA) is 44.5 Å². The zero-order valence-electron chi connectivity index (χ0n) is 7.56. The summed E-state index contributed by atoms with van der Waals surface area (Å²) in [6.07, 6.45) is -4.79. The SMILES string of the molecule is COc1ccc(N)c(OC(F)(F)F)c1Br. The van der Waals surface area contributed by atoms with Crippen LogP contribution in [0.5, 0.6) is 11.5 Å². The Morgan fingerprint density at radius 1 is 1.33 bits per heavy atom. The van der Waals surface area contributed by atoms with Crippen LogP contribution in [0.2, 0.25) is 0 Å². The Morgan fingerprint density at radius 3 is 2.40 bits per heavy atom. The first-order valence-electron chi connectivity index (χ1n) is 3.73. The van der Waals surface area contributed by atoms with Gasteiger partial charge in [0.05, 0.1) is 12.8 Å². The van der Waals surface area contributed by atoms with E-state index in [2.05, 4.69) is 20.7 Å². The lowest BCUT2D eigenvalue weighted by atomic mass is 10.3. The molecule has 0 radical (unpaired) electrons. The molecule has 0 unspecified atom stereocenters. The van der Waals surface area contributed by atoms with Crippen LogP contribution in [0, 0.1) is 0 Å². The molecule has 15 heavy (non-hydrogen) atoms. The molecule has 1 aromatic rings. The molecular weight excluding hydrogens is 279 g/mol. The molecule has 0 saturated heterocycles. The quantitative estimate of drug-likeness (QED) is 0.850. The molecule has 0 amide bonds. The highest BCUT2D eigenvalue weighted by Gasteiger charge is 2.33. The van der Waals surface area contributed by atoms with Crippen LogP contribution < -0.4 is 15.2 Å². The van der Waals surface area contributed by atoms with E-state index >= 15 is 0 Å². The largest absolute Gasteiger partial charge is 0.573 e. The number of nitrogens with two attached hydrogens (primary N) is 1. The van der Waals surface area contributed by atoms with Gasteiger partial charge in [-0.1, -0.05) is 0 Å². The third kappa shape index (κ3) is 2.92. The van der Waals surface area contributed by atoms with Crippen molar-refractivity contribution in [1.82, 2.24) is 0 Å². The molecule has 84 valence electrons. The van der Waals surface area contributed by atoms with Crippen molar-refractivity contribution in [2.24, 2.45) is 0 Å². The van der Waals surface area contributed by atoms with E-state index < -0.39 is 12.1 Å². The number of ether oxygens (including phenoxy) is 2. The summed E-state index contributed by atoms with van der Waals surface area (Å²) in [5, 5.41) is 0. The van der Waals surface area contributed by atoms with Crippen LogP contribution in [0.3, 0.4) is 0 Å². The van der Waals surface area contributed by atoms with Crippen LogP contribution in [-0.4, -0.2) is 13.5 Å². The van der Waals surface area contributed by atoms with Crippen LogP contribution >= 0.6 is 15.9 Å². The number of alkyl halides is 3. The van der Waals surface area contributed by atoms with Crippen molar-refractivity contribution in [1.29, 1.82) is 0 Å². The third-order valence-corrected chi connectivity index (χ3v) is 2.28. The summed E-state index contributed by atoms with van der Waals surface area (Å²) < 4.78 is 44.6. The van der Waals surface area contributed by atoms with Gasteiger partial charge in [-0.2, -0.15) is 0 Å². The number of nitrogen functional groups attached to an aromatic ring is 1. The van der Waals surface area contributed by atoms with Crippen molar-refractivity contribution >= 4 is 21.6 Å². The molecule has 0 aliphatic carbocycles. The number of rotatable bonds is 2. The summed E-state index contributed by atoms with van der Waals surface area (Å²) in [6.45, 7) is 0. The van der Waals surface area contributed by atoms with E-state index in [1.54, 1.807) is 0 Å². The molecule has 1 aromatic carbocycles. The van der Waals surface area contributed by atoms with Crippen LogP contribution in [0.1, 0.15) is 0 Å². The molecule has 0 bridgehead atoms. The van der Waals surface area contributed by atoms with Crippen molar-refractivity contribution in [3.63, 3.8) is 0 Å². The maximum absolute atomic E-state index is 12.0. The van der Waals surface area contributed by atoms with Crippen molar-refractivity contribution in [2.75, 3.05) is 12.8 Å². The van der Waals surface area contributed by atoms with E-state index in [4.69, 9.17) is 10.5 Å². The molecule has 0 fully saturated rings. The zero-order valence-corrected chi connectivity index (χ0v) is 9.15. The van der Waals surface area contributed by atoms with Gasteiger partial charge < -0.3 is 15.2 Å². The average Bonchev–Trinajstić information content (AvgIpc) is 2.11. The van der Waals surface area contributed by atoms with Gasteiger partial charge in [-0.25, -0.2) is 0 Å². The van der Waals surface area contributed by atoms with Crippen molar-refractivity contribution in [3.05, 3.63) is 16.6 Å². The van der Waals surface area contributed by atoms with Gasteiger partial charge in [0.2, 0.25) is 0 Å². The normalized spacial score (nSPS) is 11.3. The summed E-state index contributed by atoms with van der Waals surface area (Å²) in [5.41, 5.74) is 5.22. The average molecular weight is 286 g/mol. The van der Waals surface area contributed by atoms with Crippen molar-refractivity contribution in [2.45, 2.75) is 6.36 Å². The van der Waals surface area contributed by atoms with Crippen LogP contribution in [0.4, 0.5) is 18.9 Å². The van der Waals surface area contributed by atoms with E-state index in [1.807, 2.05) is 0 Å². The Balaban J connectivity index is 3.15. The number of hydrogen-bond donors (Lipinski definition) is 1. The molecule has 0 spiro atoms. The summed E-state index contributed by atoms with van der Waals surface area (Å²) >= 11 is 2.91. The van der Waals surface area contributed by atoms with Gasteiger partial charge in [0.15, 0.2) is 5.75 Å². The molecule has 0 aromatic heterocycles. The fraction of sp³-hybridized carbons (Fsp3) is 0.250. The Kier molecular flexibility index (Phi) is 3.33. The van der Waals surface area contributed by atoms with Crippen LogP contribution in [-0.2, 0) is 0 Å². The van der Waals surface area contributed by atoms with Gasteiger partial charge in [-0.05, 0) is 28.1 Å². The predicted molar refractivity (Wildman–Crippen MR) is 51.8 cm³/mol. The molecule has 2 N–H and O–H groups in total. The highest BCUT2D eigenvalue weighted by atomic mass is 79.9. The Labute approximate surface area is 92.1 Å². The van der Waals surface area contributed by atoms with E-state index in [0.717, 1.165) is 0 Å². The summed E-state index contributed by atoms with van der Waals surface area (Å²) in [4.78, 5) is 0. The maximum atomic E-state index is 12.0. The second-order valence-corrected chi connectivity index (χ2v) is 3.34. The van der Waals surface area contributed by atoms with Gasteiger partial charge >= 0.3 is 6.36 Å². The molecule has 7 heteroatoms. The fourth-order valence-electron chi connectivity index (χ4n) is 0.930. The number of methoxy groups -OCH3 is 1. The highest BCUT2D eigenvalue weighted by molar-refractivity contribution is 9.10. The lowest BCUT2D eigenvalue weighted by molar-refractivity contribution is -0.274. The van der Waals surface area contributed by atoms with Gasteiger partial charge in [0.1, 0.15) is 10.2 Å². The highest BCUT2D eigenvalue weighted by Crippen LogP contribution is 2.41. The van der Waals surface area contributed by atoms with Crippen molar-refractivity contribution in [3.8, 4) is 11.5 Å². The molecule has 3 nitrogen and oxygen atoms in total. The van der Waals surface area contributed by atoms with Crippen molar-refractivity contribution < 1.29 is 22.6 Å². The first-order valence-corrected chi connectivity index (χ1v) is 4.52. The Hall–Kier alpha value is -1.11. The molecular formula is C8H7BrF3NO2. The van der Waals surface area contributed by atoms with Crippen LogP contribution in [0.25, 0.3) is 0 Å². The standard InChI is InChI=1S/C8H7BrF3NO2/c1-14-5-3-2-4(13)7(6(5)9)15-8(10,11)12/h2-3H,13H2,1H3. The number of anilines is 1. The summed E-state index contributed by atoms with van der Waals surface area (Å²) in [7, 11) is 1.33. The molecule has 1 rings (SSSR count). The first kappa shape index (κ1) is 12.0. The number of benzene rings is 1. The summed E-state index contributed by atoms with van der Waals surface area (Å²) in [5.74, 6) is -0.287. The lowest BCUT2D eigenvalue weighted by Crippen LogP contribution is -2.18. The Morgan fingerprint density at radius 2 is 1.93 bits per heavy atom. The monoisotopic (exact) mass is 285 g/mol. The molecule has 0 heterocycles. The minimum Gasteiger partial charge on any atom is -0.495 e. The summed E-state index contributed by atoms with van der Waals surface area (Å²) in [6, 6.07) is 2.70. The second kappa shape index (κ2) is 4.18. The maximum Gasteiger partial charge on any atom is 0.573 e. The predicted octanol–water partition coefficient (Wildman–Crippen LogP) is 2.94. The third-order valence-electron chi connectivity index (χ3n) is 1.53. The van der Waals surface area contributed by atoms with E-state index in [0.29, 0.717) is 0 Å². The van der Waals surface area contributed by atoms with Gasteiger partial charge in [0, 0.05) is 0 Å². The Bertz CT molecular complexity index is 368. The van der Waals surface area contributed by atoms with E-state index in [-0.39, 0.29) is 15.9 Å². The molecule has 0 aliphatic rings. The second-order valence-electron chi connectivity index (χ2n) is 2.55. The first-order chi connectivity index (χ1) is 6.85. The molecule has 0 saturated carbocycles. The van der Waals surface area contributed by atoms with Gasteiger partial charge in [-0.15, -0.1) is 13.2 Å². The smallest absolute Gasteiger partial charge is 0.495 e. The van der Waals surface area contributed by atoms with E-state index in [1.165, 1.54) is 19.2 Å². The minimum atomic E-state index is -4.79. The van der Waals surface area contributed by atoms with Gasteiger partial charge in [-0.3, -0.25) is 0 Å². The van der Waals surface area contributed by atoms with Crippen LogP contribution in [0.15, 0.2) is 16.6 Å². The van der Waals surface area contributed by atoms with E-state index in [9.17, 15) is 13.2 Å². The lowest BCUT2D eigenvalue weighted by Gasteiger charge is -2.14. The number of hydrogen-bond acceptors (Lipinski definition) is 3. The fourth-order valence-corrected chi connectivity index (χ4v) is 1.53. The molecule has 0 aliphatic heterocycles.